The molecule has 0 bridgehead atoms. The summed E-state index contributed by atoms with van der Waals surface area (Å²) in [5.41, 5.74) is 2.24. The van der Waals surface area contributed by atoms with Gasteiger partial charge in [0.1, 0.15) is 11.5 Å². The van der Waals surface area contributed by atoms with Crippen molar-refractivity contribution in [3.05, 3.63) is 29.6 Å². The van der Waals surface area contributed by atoms with Gasteiger partial charge in [-0.05, 0) is 37.8 Å². The van der Waals surface area contributed by atoms with Crippen molar-refractivity contribution < 1.29 is 9.59 Å². The fourth-order valence-corrected chi connectivity index (χ4v) is 3.15. The maximum atomic E-state index is 12.7. The number of carbonyl (C=O) groups is 2. The van der Waals surface area contributed by atoms with Crippen molar-refractivity contribution in [1.82, 2.24) is 14.3 Å². The van der Waals surface area contributed by atoms with E-state index in [0.717, 1.165) is 55.9 Å². The minimum atomic E-state index is 0.0538. The molecule has 0 unspecified atom stereocenters. The highest BCUT2D eigenvalue weighted by molar-refractivity contribution is 5.94. The number of hydrogen-bond acceptors (Lipinski definition) is 3. The first-order chi connectivity index (χ1) is 11.2. The van der Waals surface area contributed by atoms with Gasteiger partial charge in [0.15, 0.2) is 0 Å². The number of aryl methyl sites for hydroxylation is 1. The van der Waals surface area contributed by atoms with Crippen LogP contribution in [0.1, 0.15) is 42.2 Å². The molecule has 2 aromatic heterocycles. The Balaban J connectivity index is 2.03. The number of rotatable bonds is 4. The SMILES string of the molecule is CCc1nc2ccc(C(=O)N3CCCCC3)cn2c1N(C)C=O. The van der Waals surface area contributed by atoms with E-state index in [-0.39, 0.29) is 5.91 Å². The van der Waals surface area contributed by atoms with E-state index in [2.05, 4.69) is 4.98 Å². The van der Waals surface area contributed by atoms with Crippen LogP contribution in [0.2, 0.25) is 0 Å². The standard InChI is InChI=1S/C17H22N4O2/c1-3-14-16(19(2)12-22)21-11-13(7-8-15(21)18-14)17(23)20-9-5-4-6-10-20/h7-8,11-12H,3-6,9-10H2,1-2H3. The molecule has 2 aromatic rings. The number of amides is 2. The Morgan fingerprint density at radius 3 is 2.70 bits per heavy atom. The molecule has 0 aliphatic carbocycles. The number of piperidine rings is 1. The average molecular weight is 314 g/mol. The summed E-state index contributed by atoms with van der Waals surface area (Å²) in [5.74, 6) is 0.781. The zero-order chi connectivity index (χ0) is 16.4. The topological polar surface area (TPSA) is 57.9 Å². The van der Waals surface area contributed by atoms with Gasteiger partial charge in [-0.1, -0.05) is 6.92 Å². The molecule has 0 spiro atoms. The number of aromatic nitrogens is 2. The molecule has 1 aliphatic rings. The molecule has 0 N–H and O–H groups in total. The molecule has 1 saturated heterocycles. The molecule has 6 heteroatoms. The second kappa shape index (κ2) is 6.40. The fraction of sp³-hybridized carbons (Fsp3) is 0.471. The van der Waals surface area contributed by atoms with Gasteiger partial charge in [0.2, 0.25) is 6.41 Å². The van der Waals surface area contributed by atoms with E-state index in [1.54, 1.807) is 13.2 Å². The lowest BCUT2D eigenvalue weighted by molar-refractivity contribution is -0.107. The van der Waals surface area contributed by atoms with Gasteiger partial charge in [-0.25, -0.2) is 4.98 Å². The van der Waals surface area contributed by atoms with Gasteiger partial charge < -0.3 is 9.80 Å². The van der Waals surface area contributed by atoms with Crippen LogP contribution in [0.5, 0.6) is 0 Å². The third kappa shape index (κ3) is 2.81. The van der Waals surface area contributed by atoms with Crippen molar-refractivity contribution >= 4 is 23.8 Å². The highest BCUT2D eigenvalue weighted by atomic mass is 16.2. The highest BCUT2D eigenvalue weighted by Crippen LogP contribution is 2.23. The fourth-order valence-electron chi connectivity index (χ4n) is 3.15. The van der Waals surface area contributed by atoms with Crippen LogP contribution in [0.15, 0.2) is 18.3 Å². The number of fused-ring (bicyclic) bond motifs is 1. The van der Waals surface area contributed by atoms with Crippen molar-refractivity contribution in [3.63, 3.8) is 0 Å². The van der Waals surface area contributed by atoms with Crippen LogP contribution in [-0.2, 0) is 11.2 Å². The van der Waals surface area contributed by atoms with Gasteiger partial charge in [0, 0.05) is 26.3 Å². The Hall–Kier alpha value is -2.37. The van der Waals surface area contributed by atoms with Crippen LogP contribution in [0.3, 0.4) is 0 Å². The molecule has 0 saturated carbocycles. The maximum Gasteiger partial charge on any atom is 0.255 e. The van der Waals surface area contributed by atoms with E-state index in [9.17, 15) is 9.59 Å². The van der Waals surface area contributed by atoms with E-state index >= 15 is 0 Å². The van der Waals surface area contributed by atoms with Gasteiger partial charge in [0.25, 0.3) is 5.91 Å². The van der Waals surface area contributed by atoms with Gasteiger partial charge in [-0.2, -0.15) is 0 Å². The van der Waals surface area contributed by atoms with Crippen molar-refractivity contribution in [3.8, 4) is 0 Å². The van der Waals surface area contributed by atoms with Gasteiger partial charge >= 0.3 is 0 Å². The molecule has 3 rings (SSSR count). The number of hydrogen-bond donors (Lipinski definition) is 0. The van der Waals surface area contributed by atoms with Crippen LogP contribution < -0.4 is 4.90 Å². The monoisotopic (exact) mass is 314 g/mol. The summed E-state index contributed by atoms with van der Waals surface area (Å²) < 4.78 is 1.84. The van der Waals surface area contributed by atoms with Crippen LogP contribution in [0.25, 0.3) is 5.65 Å². The molecule has 1 aliphatic heterocycles. The molecule has 0 aromatic carbocycles. The van der Waals surface area contributed by atoms with Gasteiger partial charge in [0.05, 0.1) is 11.3 Å². The number of carbonyl (C=O) groups excluding carboxylic acids is 2. The smallest absolute Gasteiger partial charge is 0.255 e. The predicted octanol–water partition coefficient (Wildman–Crippen LogP) is 2.12. The van der Waals surface area contributed by atoms with E-state index in [0.29, 0.717) is 5.56 Å². The normalized spacial score (nSPS) is 15.0. The molecule has 2 amide bonds. The van der Waals surface area contributed by atoms with E-state index in [1.165, 1.54) is 11.3 Å². The summed E-state index contributed by atoms with van der Waals surface area (Å²) in [5, 5.41) is 0. The minimum Gasteiger partial charge on any atom is -0.339 e. The zero-order valence-corrected chi connectivity index (χ0v) is 13.7. The van der Waals surface area contributed by atoms with Gasteiger partial charge in [-0.15, -0.1) is 0 Å². The molecular formula is C17H22N4O2. The van der Waals surface area contributed by atoms with E-state index in [1.807, 2.05) is 28.4 Å². The first-order valence-electron chi connectivity index (χ1n) is 8.14. The molecule has 6 nitrogen and oxygen atoms in total. The van der Waals surface area contributed by atoms with Crippen molar-refractivity contribution in [1.29, 1.82) is 0 Å². The molecule has 3 heterocycles. The summed E-state index contributed by atoms with van der Waals surface area (Å²) in [6, 6.07) is 3.67. The first kappa shape index (κ1) is 15.5. The number of anilines is 1. The largest absolute Gasteiger partial charge is 0.339 e. The minimum absolute atomic E-state index is 0.0538. The second-order valence-corrected chi connectivity index (χ2v) is 5.95. The Morgan fingerprint density at radius 1 is 1.30 bits per heavy atom. The highest BCUT2D eigenvalue weighted by Gasteiger charge is 2.20. The predicted molar refractivity (Wildman–Crippen MR) is 88.8 cm³/mol. The summed E-state index contributed by atoms with van der Waals surface area (Å²) in [4.78, 5) is 31.8. The summed E-state index contributed by atoms with van der Waals surface area (Å²) >= 11 is 0. The quantitative estimate of drug-likeness (QED) is 0.812. The molecule has 23 heavy (non-hydrogen) atoms. The molecule has 1 fully saturated rings. The molecular weight excluding hydrogens is 292 g/mol. The summed E-state index contributed by atoms with van der Waals surface area (Å²) in [7, 11) is 1.70. The number of pyridine rings is 1. The molecule has 122 valence electrons. The summed E-state index contributed by atoms with van der Waals surface area (Å²) in [6.07, 6.45) is 6.62. The van der Waals surface area contributed by atoms with Crippen LogP contribution in [0.4, 0.5) is 5.82 Å². The second-order valence-electron chi connectivity index (χ2n) is 5.95. The lowest BCUT2D eigenvalue weighted by Crippen LogP contribution is -2.35. The first-order valence-corrected chi connectivity index (χ1v) is 8.14. The van der Waals surface area contributed by atoms with Crippen LogP contribution in [0, 0.1) is 0 Å². The Morgan fingerprint density at radius 2 is 2.04 bits per heavy atom. The van der Waals surface area contributed by atoms with Crippen molar-refractivity contribution in [2.45, 2.75) is 32.6 Å². The number of imidazole rings is 1. The third-order valence-electron chi connectivity index (χ3n) is 4.38. The number of likely N-dealkylation sites (tertiary alicyclic amines) is 1. The zero-order valence-electron chi connectivity index (χ0n) is 13.7. The Bertz CT molecular complexity index is 732. The van der Waals surface area contributed by atoms with Gasteiger partial charge in [-0.3, -0.25) is 14.0 Å². The van der Waals surface area contributed by atoms with Crippen LogP contribution in [-0.4, -0.2) is 46.7 Å². The van der Waals surface area contributed by atoms with Crippen molar-refractivity contribution in [2.24, 2.45) is 0 Å². The van der Waals surface area contributed by atoms with Crippen LogP contribution >= 0.6 is 0 Å². The Kier molecular flexibility index (Phi) is 4.32. The lowest BCUT2D eigenvalue weighted by Gasteiger charge is -2.26. The number of nitrogens with zero attached hydrogens (tertiary/aromatic N) is 4. The van der Waals surface area contributed by atoms with Crippen molar-refractivity contribution in [2.75, 3.05) is 25.0 Å². The average Bonchev–Trinajstić information content (AvgIpc) is 2.98. The maximum absolute atomic E-state index is 12.7. The Labute approximate surface area is 135 Å². The van der Waals surface area contributed by atoms with E-state index < -0.39 is 0 Å². The third-order valence-corrected chi connectivity index (χ3v) is 4.38. The molecule has 0 radical (unpaired) electrons. The summed E-state index contributed by atoms with van der Waals surface area (Å²) in [6.45, 7) is 3.65. The lowest BCUT2D eigenvalue weighted by atomic mass is 10.1. The molecule has 0 atom stereocenters. The van der Waals surface area contributed by atoms with E-state index in [4.69, 9.17) is 0 Å².